The Hall–Kier alpha value is -2.65. The Morgan fingerprint density at radius 2 is 1.95 bits per heavy atom. The minimum absolute atomic E-state index is 0.0249. The molecule has 0 aliphatic carbocycles. The summed E-state index contributed by atoms with van der Waals surface area (Å²) in [6, 6.07) is 11.9. The normalized spacial score (nSPS) is 9.67. The van der Waals surface area contributed by atoms with Crippen molar-refractivity contribution in [2.45, 2.75) is 0 Å². The van der Waals surface area contributed by atoms with Gasteiger partial charge in [0.05, 0.1) is 6.54 Å². The summed E-state index contributed by atoms with van der Waals surface area (Å²) in [6.45, 7) is 0.00418. The van der Waals surface area contributed by atoms with E-state index in [2.05, 4.69) is 0 Å². The Kier molecular flexibility index (Phi) is 5.07. The first-order valence-corrected chi connectivity index (χ1v) is 7.07. The Bertz CT molecular complexity index is 647. The molecule has 0 aliphatic rings. The van der Waals surface area contributed by atoms with Crippen LogP contribution in [0.5, 0.6) is 0 Å². The van der Waals surface area contributed by atoms with Crippen LogP contribution in [-0.4, -0.2) is 29.9 Å². The standard InChI is InChI=1S/C15H12N2O3S/c16-11-17(14(18)12-5-2-1-3-6-12)8-9-20-15(19)13-7-4-10-21-13/h1-7,10H,8-9H2. The molecule has 2 rings (SSSR count). The van der Waals surface area contributed by atoms with E-state index in [-0.39, 0.29) is 13.2 Å². The molecule has 2 aromatic rings. The average Bonchev–Trinajstić information content (AvgIpc) is 3.06. The van der Waals surface area contributed by atoms with Crippen molar-refractivity contribution in [3.63, 3.8) is 0 Å². The molecule has 5 nitrogen and oxygen atoms in total. The quantitative estimate of drug-likeness (QED) is 0.483. The number of nitrogens with zero attached hydrogens (tertiary/aromatic N) is 2. The van der Waals surface area contributed by atoms with Crippen LogP contribution in [0.3, 0.4) is 0 Å². The molecular weight excluding hydrogens is 288 g/mol. The van der Waals surface area contributed by atoms with E-state index >= 15 is 0 Å². The molecule has 106 valence electrons. The van der Waals surface area contributed by atoms with Crippen LogP contribution in [0, 0.1) is 11.5 Å². The van der Waals surface area contributed by atoms with Crippen LogP contribution in [0.2, 0.25) is 0 Å². The lowest BCUT2D eigenvalue weighted by atomic mass is 10.2. The van der Waals surface area contributed by atoms with Gasteiger partial charge in [0.25, 0.3) is 5.91 Å². The molecule has 0 radical (unpaired) electrons. The SMILES string of the molecule is N#CN(CCOC(=O)c1cccs1)C(=O)c1ccccc1. The van der Waals surface area contributed by atoms with Gasteiger partial charge in [-0.1, -0.05) is 24.3 Å². The molecule has 1 heterocycles. The zero-order chi connectivity index (χ0) is 15.1. The van der Waals surface area contributed by atoms with Gasteiger partial charge >= 0.3 is 5.97 Å². The van der Waals surface area contributed by atoms with Crippen LogP contribution < -0.4 is 0 Å². The van der Waals surface area contributed by atoms with Crippen molar-refractivity contribution < 1.29 is 14.3 Å². The van der Waals surface area contributed by atoms with Crippen molar-refractivity contribution in [2.24, 2.45) is 0 Å². The van der Waals surface area contributed by atoms with E-state index in [4.69, 9.17) is 10.00 Å². The van der Waals surface area contributed by atoms with Gasteiger partial charge in [-0.3, -0.25) is 4.79 Å². The molecule has 0 atom stereocenters. The van der Waals surface area contributed by atoms with E-state index < -0.39 is 11.9 Å². The van der Waals surface area contributed by atoms with Crippen molar-refractivity contribution in [1.82, 2.24) is 4.90 Å². The van der Waals surface area contributed by atoms with Crippen molar-refractivity contribution in [3.05, 3.63) is 58.3 Å². The number of carbonyl (C=O) groups is 2. The highest BCUT2D eigenvalue weighted by Crippen LogP contribution is 2.10. The summed E-state index contributed by atoms with van der Waals surface area (Å²) in [5.41, 5.74) is 0.420. The predicted octanol–water partition coefficient (Wildman–Crippen LogP) is 2.53. The molecule has 1 aromatic carbocycles. The lowest BCUT2D eigenvalue weighted by Gasteiger charge is -2.13. The van der Waals surface area contributed by atoms with E-state index in [1.54, 1.807) is 54.0 Å². The molecule has 0 unspecified atom stereocenters. The van der Waals surface area contributed by atoms with Gasteiger partial charge in [-0.25, -0.2) is 9.69 Å². The van der Waals surface area contributed by atoms with Crippen LogP contribution in [0.15, 0.2) is 47.8 Å². The lowest BCUT2D eigenvalue weighted by molar-refractivity contribution is 0.0471. The summed E-state index contributed by atoms with van der Waals surface area (Å²) in [6.07, 6.45) is 1.80. The van der Waals surface area contributed by atoms with E-state index in [1.165, 1.54) is 11.3 Å². The molecule has 0 saturated heterocycles. The van der Waals surface area contributed by atoms with Gasteiger partial charge in [0.1, 0.15) is 11.5 Å². The highest BCUT2D eigenvalue weighted by Gasteiger charge is 2.16. The fraction of sp³-hybridized carbons (Fsp3) is 0.133. The highest BCUT2D eigenvalue weighted by atomic mass is 32.1. The van der Waals surface area contributed by atoms with Gasteiger partial charge in [-0.15, -0.1) is 11.3 Å². The topological polar surface area (TPSA) is 70.4 Å². The van der Waals surface area contributed by atoms with E-state index in [1.807, 2.05) is 0 Å². The zero-order valence-corrected chi connectivity index (χ0v) is 11.9. The van der Waals surface area contributed by atoms with Gasteiger partial charge < -0.3 is 4.74 Å². The smallest absolute Gasteiger partial charge is 0.348 e. The van der Waals surface area contributed by atoms with Gasteiger partial charge in [0, 0.05) is 5.56 Å². The van der Waals surface area contributed by atoms with E-state index in [0.717, 1.165) is 4.90 Å². The fourth-order valence-electron chi connectivity index (χ4n) is 1.63. The number of hydrogen-bond donors (Lipinski definition) is 0. The van der Waals surface area contributed by atoms with Crippen molar-refractivity contribution in [2.75, 3.05) is 13.2 Å². The summed E-state index contributed by atoms with van der Waals surface area (Å²) in [5.74, 6) is -0.861. The summed E-state index contributed by atoms with van der Waals surface area (Å²) in [7, 11) is 0. The van der Waals surface area contributed by atoms with Gasteiger partial charge in [-0.2, -0.15) is 5.26 Å². The Labute approximate surface area is 126 Å². The molecule has 0 aliphatic heterocycles. The number of benzene rings is 1. The first-order chi connectivity index (χ1) is 10.2. The molecule has 21 heavy (non-hydrogen) atoms. The second kappa shape index (κ2) is 7.22. The highest BCUT2D eigenvalue weighted by molar-refractivity contribution is 7.11. The van der Waals surface area contributed by atoms with E-state index in [9.17, 15) is 9.59 Å². The van der Waals surface area contributed by atoms with Gasteiger partial charge in [-0.05, 0) is 23.6 Å². The van der Waals surface area contributed by atoms with Gasteiger partial charge in [0.2, 0.25) is 0 Å². The number of esters is 1. The average molecular weight is 300 g/mol. The number of nitriles is 1. The van der Waals surface area contributed by atoms with Crippen LogP contribution in [0.1, 0.15) is 20.0 Å². The van der Waals surface area contributed by atoms with Crippen LogP contribution in [0.25, 0.3) is 0 Å². The molecule has 0 bridgehead atoms. The third-order valence-electron chi connectivity index (χ3n) is 2.66. The third-order valence-corrected chi connectivity index (χ3v) is 3.51. The summed E-state index contributed by atoms with van der Waals surface area (Å²) in [4.78, 5) is 25.1. The molecular formula is C15H12N2O3S. The second-order valence-electron chi connectivity index (χ2n) is 4.04. The Morgan fingerprint density at radius 3 is 2.57 bits per heavy atom. The van der Waals surface area contributed by atoms with Crippen LogP contribution in [-0.2, 0) is 4.74 Å². The minimum Gasteiger partial charge on any atom is -0.460 e. The Morgan fingerprint density at radius 1 is 1.19 bits per heavy atom. The fourth-order valence-corrected chi connectivity index (χ4v) is 2.25. The number of hydrogen-bond acceptors (Lipinski definition) is 5. The molecule has 0 N–H and O–H groups in total. The van der Waals surface area contributed by atoms with Crippen LogP contribution in [0.4, 0.5) is 0 Å². The summed E-state index contributed by atoms with van der Waals surface area (Å²) >= 11 is 1.28. The van der Waals surface area contributed by atoms with Crippen molar-refractivity contribution in [1.29, 1.82) is 5.26 Å². The molecule has 6 heteroatoms. The maximum atomic E-state index is 12.0. The van der Waals surface area contributed by atoms with Crippen molar-refractivity contribution >= 4 is 23.2 Å². The number of thiophene rings is 1. The molecule has 0 fully saturated rings. The third kappa shape index (κ3) is 3.91. The molecule has 0 saturated carbocycles. The number of amides is 1. The van der Waals surface area contributed by atoms with Crippen LogP contribution >= 0.6 is 11.3 Å². The molecule has 1 aromatic heterocycles. The lowest BCUT2D eigenvalue weighted by Crippen LogP contribution is -2.30. The summed E-state index contributed by atoms with van der Waals surface area (Å²) < 4.78 is 5.03. The minimum atomic E-state index is -0.449. The zero-order valence-electron chi connectivity index (χ0n) is 11.1. The number of ether oxygens (including phenoxy) is 1. The number of carbonyl (C=O) groups excluding carboxylic acids is 2. The summed E-state index contributed by atoms with van der Waals surface area (Å²) in [5, 5.41) is 10.8. The first kappa shape index (κ1) is 14.8. The largest absolute Gasteiger partial charge is 0.460 e. The van der Waals surface area contributed by atoms with E-state index in [0.29, 0.717) is 10.4 Å². The first-order valence-electron chi connectivity index (χ1n) is 6.19. The predicted molar refractivity (Wildman–Crippen MR) is 77.7 cm³/mol. The van der Waals surface area contributed by atoms with Crippen molar-refractivity contribution in [3.8, 4) is 6.19 Å². The number of rotatable bonds is 5. The maximum Gasteiger partial charge on any atom is 0.348 e. The van der Waals surface area contributed by atoms with Gasteiger partial charge in [0.15, 0.2) is 6.19 Å². The second-order valence-corrected chi connectivity index (χ2v) is 4.98. The Balaban J connectivity index is 1.87. The maximum absolute atomic E-state index is 12.0. The molecule has 0 spiro atoms. The molecule has 1 amide bonds. The monoisotopic (exact) mass is 300 g/mol.